The van der Waals surface area contributed by atoms with Gasteiger partial charge in [-0.3, -0.25) is 4.79 Å². The number of aryl methyl sites for hydroxylation is 2. The number of aromatic nitrogens is 2. The highest BCUT2D eigenvalue weighted by atomic mass is 19.1. The molecule has 0 aliphatic carbocycles. The molecule has 0 bridgehead atoms. The number of methoxy groups -OCH3 is 1. The monoisotopic (exact) mass is 417 g/mol. The minimum Gasteiger partial charge on any atom is -0.497 e. The van der Waals surface area contributed by atoms with Crippen molar-refractivity contribution in [1.82, 2.24) is 14.7 Å². The molecule has 2 aromatic carbocycles. The van der Waals surface area contributed by atoms with Crippen molar-refractivity contribution in [2.45, 2.75) is 26.8 Å². The minimum absolute atomic E-state index is 0.112. The zero-order valence-electron chi connectivity index (χ0n) is 17.8. The third-order valence-electron chi connectivity index (χ3n) is 5.27. The summed E-state index contributed by atoms with van der Waals surface area (Å²) in [6, 6.07) is 16.4. The Morgan fingerprint density at radius 1 is 1.10 bits per heavy atom. The van der Waals surface area contributed by atoms with E-state index >= 15 is 0 Å². The summed E-state index contributed by atoms with van der Waals surface area (Å²) < 4.78 is 20.9. The van der Waals surface area contributed by atoms with Gasteiger partial charge in [0.1, 0.15) is 17.2 Å². The summed E-state index contributed by atoms with van der Waals surface area (Å²) in [6.07, 6.45) is 2.13. The highest BCUT2D eigenvalue weighted by Crippen LogP contribution is 2.27. The molecule has 4 aromatic rings. The van der Waals surface area contributed by atoms with Crippen molar-refractivity contribution in [3.63, 3.8) is 0 Å². The number of benzene rings is 2. The Balaban J connectivity index is 1.62. The first-order valence-corrected chi connectivity index (χ1v) is 10.1. The van der Waals surface area contributed by atoms with Crippen LogP contribution in [0.15, 0.2) is 60.8 Å². The molecule has 0 saturated carbocycles. The molecule has 31 heavy (non-hydrogen) atoms. The van der Waals surface area contributed by atoms with Crippen LogP contribution in [0.4, 0.5) is 4.39 Å². The van der Waals surface area contributed by atoms with E-state index < -0.39 is 0 Å². The lowest BCUT2D eigenvalue weighted by atomic mass is 10.1. The smallest absolute Gasteiger partial charge is 0.226 e. The highest BCUT2D eigenvalue weighted by Gasteiger charge is 2.18. The maximum Gasteiger partial charge on any atom is 0.226 e. The van der Waals surface area contributed by atoms with Crippen LogP contribution in [0.1, 0.15) is 22.4 Å². The van der Waals surface area contributed by atoms with Crippen LogP contribution in [0.2, 0.25) is 0 Å². The molecule has 0 aliphatic heterocycles. The molecule has 1 amide bonds. The molecule has 6 heteroatoms. The van der Waals surface area contributed by atoms with Crippen LogP contribution in [0, 0.1) is 19.7 Å². The lowest BCUT2D eigenvalue weighted by molar-refractivity contribution is -0.120. The molecule has 0 fully saturated rings. The number of imidazole rings is 1. The largest absolute Gasteiger partial charge is 0.497 e. The number of pyridine rings is 1. The highest BCUT2D eigenvalue weighted by molar-refractivity contribution is 5.81. The second-order valence-electron chi connectivity index (χ2n) is 7.61. The Morgan fingerprint density at radius 3 is 2.58 bits per heavy atom. The molecule has 0 spiro atoms. The number of nitrogens with one attached hydrogen (secondary N) is 1. The molecule has 1 N–H and O–H groups in total. The van der Waals surface area contributed by atoms with Gasteiger partial charge in [0, 0.05) is 18.3 Å². The normalized spacial score (nSPS) is 11.0. The number of ether oxygens (including phenoxy) is 1. The first-order chi connectivity index (χ1) is 14.9. The number of nitrogens with zero attached hydrogens (tertiary/aromatic N) is 2. The van der Waals surface area contributed by atoms with E-state index in [1.807, 2.05) is 53.9 Å². The summed E-state index contributed by atoms with van der Waals surface area (Å²) in [5, 5.41) is 2.97. The van der Waals surface area contributed by atoms with Crippen LogP contribution in [0.25, 0.3) is 16.9 Å². The van der Waals surface area contributed by atoms with E-state index in [9.17, 15) is 9.18 Å². The van der Waals surface area contributed by atoms with Crippen LogP contribution in [-0.2, 0) is 17.8 Å². The van der Waals surface area contributed by atoms with Gasteiger partial charge in [0.15, 0.2) is 0 Å². The fourth-order valence-electron chi connectivity index (χ4n) is 3.55. The van der Waals surface area contributed by atoms with E-state index in [-0.39, 0.29) is 18.1 Å². The van der Waals surface area contributed by atoms with Crippen molar-refractivity contribution in [3.8, 4) is 17.0 Å². The van der Waals surface area contributed by atoms with Crippen LogP contribution >= 0.6 is 0 Å². The number of rotatable bonds is 6. The van der Waals surface area contributed by atoms with Gasteiger partial charge in [0.05, 0.1) is 24.9 Å². The average Bonchev–Trinajstić information content (AvgIpc) is 3.12. The predicted molar refractivity (Wildman–Crippen MR) is 119 cm³/mol. The van der Waals surface area contributed by atoms with Gasteiger partial charge in [-0.2, -0.15) is 0 Å². The zero-order valence-corrected chi connectivity index (χ0v) is 17.8. The van der Waals surface area contributed by atoms with E-state index in [2.05, 4.69) is 5.32 Å². The van der Waals surface area contributed by atoms with E-state index in [1.165, 1.54) is 6.07 Å². The van der Waals surface area contributed by atoms with Gasteiger partial charge in [-0.05, 0) is 66.9 Å². The van der Waals surface area contributed by atoms with Gasteiger partial charge in [-0.25, -0.2) is 9.37 Å². The molecular weight excluding hydrogens is 393 g/mol. The Bertz CT molecular complexity index is 1250. The second-order valence-corrected chi connectivity index (χ2v) is 7.61. The number of carbonyl (C=O) groups is 1. The van der Waals surface area contributed by atoms with E-state index in [4.69, 9.17) is 9.72 Å². The van der Waals surface area contributed by atoms with Gasteiger partial charge in [-0.15, -0.1) is 0 Å². The number of amides is 1. The molecule has 0 unspecified atom stereocenters. The third-order valence-corrected chi connectivity index (χ3v) is 5.27. The molecule has 158 valence electrons. The maximum atomic E-state index is 13.8. The van der Waals surface area contributed by atoms with Crippen LogP contribution in [0.3, 0.4) is 0 Å². The predicted octanol–water partition coefficient (Wildman–Crippen LogP) is 4.62. The minimum atomic E-state index is -0.262. The molecule has 2 aromatic heterocycles. The maximum absolute atomic E-state index is 13.8. The fraction of sp³-hybridized carbons (Fsp3) is 0.200. The molecule has 0 saturated heterocycles. The molecule has 0 radical (unpaired) electrons. The first kappa shape index (κ1) is 20.6. The summed E-state index contributed by atoms with van der Waals surface area (Å²) in [7, 11) is 1.62. The lowest BCUT2D eigenvalue weighted by Gasteiger charge is -2.09. The number of hydrogen-bond acceptors (Lipinski definition) is 3. The van der Waals surface area contributed by atoms with Gasteiger partial charge < -0.3 is 14.5 Å². The van der Waals surface area contributed by atoms with Crippen molar-refractivity contribution in [3.05, 3.63) is 89.0 Å². The second kappa shape index (κ2) is 8.60. The Hall–Kier alpha value is -3.67. The quantitative estimate of drug-likeness (QED) is 0.498. The van der Waals surface area contributed by atoms with Crippen LogP contribution in [-0.4, -0.2) is 22.4 Å². The van der Waals surface area contributed by atoms with Crippen molar-refractivity contribution in [2.24, 2.45) is 0 Å². The van der Waals surface area contributed by atoms with E-state index in [0.29, 0.717) is 17.8 Å². The summed E-state index contributed by atoms with van der Waals surface area (Å²) in [5.74, 6) is 0.400. The first-order valence-electron chi connectivity index (χ1n) is 10.1. The molecular formula is C25H24FN3O2. The average molecular weight is 417 g/mol. The topological polar surface area (TPSA) is 55.6 Å². The van der Waals surface area contributed by atoms with E-state index in [0.717, 1.165) is 33.8 Å². The summed E-state index contributed by atoms with van der Waals surface area (Å²) >= 11 is 0. The van der Waals surface area contributed by atoms with E-state index in [1.54, 1.807) is 26.2 Å². The zero-order chi connectivity index (χ0) is 22.0. The van der Waals surface area contributed by atoms with Crippen molar-refractivity contribution >= 4 is 11.6 Å². The van der Waals surface area contributed by atoms with Crippen LogP contribution in [0.5, 0.6) is 5.75 Å². The molecule has 5 nitrogen and oxygen atoms in total. The van der Waals surface area contributed by atoms with Gasteiger partial charge in [0.25, 0.3) is 0 Å². The van der Waals surface area contributed by atoms with Gasteiger partial charge in [-0.1, -0.05) is 18.2 Å². The number of halogens is 1. The fourth-order valence-corrected chi connectivity index (χ4v) is 3.55. The number of hydrogen-bond donors (Lipinski definition) is 1. The van der Waals surface area contributed by atoms with Gasteiger partial charge in [0.2, 0.25) is 5.91 Å². The summed E-state index contributed by atoms with van der Waals surface area (Å²) in [6.45, 7) is 4.14. The lowest BCUT2D eigenvalue weighted by Crippen LogP contribution is -2.25. The molecule has 0 atom stereocenters. The Kier molecular flexibility index (Phi) is 5.71. The summed E-state index contributed by atoms with van der Waals surface area (Å²) in [4.78, 5) is 17.5. The summed E-state index contributed by atoms with van der Waals surface area (Å²) in [5.41, 5.74) is 5.59. The standard InChI is InChI=1S/C25H24FN3O2/c1-16-4-11-23-28-25(19-7-10-21(26)17(2)12-19)22(29(23)15-16)13-24(30)27-14-18-5-8-20(31-3)9-6-18/h4-12,15H,13-14H2,1-3H3,(H,27,30). The van der Waals surface area contributed by atoms with Crippen molar-refractivity contribution in [1.29, 1.82) is 0 Å². The third kappa shape index (κ3) is 4.43. The number of fused-ring (bicyclic) bond motifs is 1. The Labute approximate surface area is 180 Å². The van der Waals surface area contributed by atoms with Crippen molar-refractivity contribution < 1.29 is 13.9 Å². The molecule has 4 rings (SSSR count). The molecule has 0 aliphatic rings. The SMILES string of the molecule is COc1ccc(CNC(=O)Cc2c(-c3ccc(F)c(C)c3)nc3ccc(C)cn23)cc1. The van der Waals surface area contributed by atoms with Crippen LogP contribution < -0.4 is 10.1 Å². The molecule has 2 heterocycles. The number of carbonyl (C=O) groups excluding carboxylic acids is 1. The van der Waals surface area contributed by atoms with Gasteiger partial charge >= 0.3 is 0 Å². The Morgan fingerprint density at radius 2 is 1.87 bits per heavy atom. The van der Waals surface area contributed by atoms with Crippen molar-refractivity contribution in [2.75, 3.05) is 7.11 Å².